The predicted octanol–water partition coefficient (Wildman–Crippen LogP) is 4.75. The number of thiocarbonyl (C=S) groups is 1. The summed E-state index contributed by atoms with van der Waals surface area (Å²) in [5.74, 6) is 0.415. The average Bonchev–Trinajstić information content (AvgIpc) is 2.95. The van der Waals surface area contributed by atoms with E-state index in [2.05, 4.69) is 51.9 Å². The van der Waals surface area contributed by atoms with Crippen molar-refractivity contribution in [2.45, 2.75) is 13.5 Å². The van der Waals surface area contributed by atoms with E-state index in [0.717, 1.165) is 5.56 Å². The number of aromatic nitrogens is 3. The molecule has 0 bridgehead atoms. The number of nitrogens with one attached hydrogen (secondary N) is 2. The normalized spacial score (nSPS) is 10.5. The van der Waals surface area contributed by atoms with Crippen LogP contribution < -0.4 is 10.6 Å². The van der Waals surface area contributed by atoms with Crippen LogP contribution >= 0.6 is 35.4 Å². The lowest BCUT2D eigenvalue weighted by molar-refractivity contribution is 0.687. The van der Waals surface area contributed by atoms with Crippen molar-refractivity contribution in [1.29, 1.82) is 0 Å². The van der Waals surface area contributed by atoms with Gasteiger partial charge in [-0.3, -0.25) is 5.32 Å². The highest BCUT2D eigenvalue weighted by Crippen LogP contribution is 2.22. The molecule has 8 heteroatoms. The van der Waals surface area contributed by atoms with Crippen molar-refractivity contribution in [3.05, 3.63) is 70.0 Å². The Bertz CT molecular complexity index is 872. The number of aryl methyl sites for hydroxylation is 1. The Morgan fingerprint density at radius 2 is 1.76 bits per heavy atom. The van der Waals surface area contributed by atoms with Gasteiger partial charge in [0.1, 0.15) is 6.33 Å². The van der Waals surface area contributed by atoms with Gasteiger partial charge < -0.3 is 5.32 Å². The Labute approximate surface area is 161 Å². The maximum absolute atomic E-state index is 5.97. The molecular weight excluding hydrogens is 377 g/mol. The predicted molar refractivity (Wildman–Crippen MR) is 107 cm³/mol. The molecule has 5 nitrogen and oxygen atoms in total. The van der Waals surface area contributed by atoms with Crippen LogP contribution in [0.25, 0.3) is 0 Å². The fourth-order valence-electron chi connectivity index (χ4n) is 2.20. The maximum Gasteiger partial charge on any atom is 0.248 e. The van der Waals surface area contributed by atoms with Crippen LogP contribution in [-0.4, -0.2) is 19.9 Å². The summed E-state index contributed by atoms with van der Waals surface area (Å²) in [4.78, 5) is 4.21. The molecule has 0 spiro atoms. The number of benzene rings is 2. The third-order valence-electron chi connectivity index (χ3n) is 3.35. The van der Waals surface area contributed by atoms with E-state index >= 15 is 0 Å². The molecule has 2 N–H and O–H groups in total. The van der Waals surface area contributed by atoms with E-state index in [1.807, 2.05) is 0 Å². The highest BCUT2D eigenvalue weighted by molar-refractivity contribution is 7.80. The first kappa shape index (κ1) is 17.7. The summed E-state index contributed by atoms with van der Waals surface area (Å²) in [5, 5.41) is 11.7. The lowest BCUT2D eigenvalue weighted by Crippen LogP contribution is -2.20. The molecule has 0 atom stereocenters. The van der Waals surface area contributed by atoms with Crippen molar-refractivity contribution in [3.63, 3.8) is 0 Å². The molecule has 1 heterocycles. The maximum atomic E-state index is 5.97. The fourth-order valence-corrected chi connectivity index (χ4v) is 2.93. The van der Waals surface area contributed by atoms with Crippen LogP contribution in [0.2, 0.25) is 10.0 Å². The number of rotatable bonds is 4. The second kappa shape index (κ2) is 7.82. The molecule has 0 saturated carbocycles. The van der Waals surface area contributed by atoms with Crippen LogP contribution in [0.3, 0.4) is 0 Å². The second-order valence-electron chi connectivity index (χ2n) is 5.49. The van der Waals surface area contributed by atoms with Crippen LogP contribution in [0, 0.1) is 6.92 Å². The molecule has 0 saturated heterocycles. The Kier molecular flexibility index (Phi) is 5.53. The standard InChI is InChI=1S/C17H15Cl2N5S/c1-11-2-4-12(5-3-11)9-24-10-20-16(23-24)22-17(25)21-15-7-13(18)6-14(19)8-15/h2-8,10H,9H2,1H3,(H2,21,22,23,25). The topological polar surface area (TPSA) is 54.8 Å². The third kappa shape index (κ3) is 5.16. The molecule has 0 aliphatic carbocycles. The van der Waals surface area contributed by atoms with Crippen molar-refractivity contribution < 1.29 is 0 Å². The Morgan fingerprint density at radius 3 is 2.44 bits per heavy atom. The number of hydrogen-bond donors (Lipinski definition) is 2. The summed E-state index contributed by atoms with van der Waals surface area (Å²) in [6, 6.07) is 13.4. The largest absolute Gasteiger partial charge is 0.332 e. The summed E-state index contributed by atoms with van der Waals surface area (Å²) < 4.78 is 1.74. The van der Waals surface area contributed by atoms with Gasteiger partial charge in [-0.05, 0) is 42.9 Å². The molecule has 25 heavy (non-hydrogen) atoms. The van der Waals surface area contributed by atoms with Crippen molar-refractivity contribution in [2.24, 2.45) is 0 Å². The molecule has 0 unspecified atom stereocenters. The number of halogens is 2. The van der Waals surface area contributed by atoms with Gasteiger partial charge in [0.25, 0.3) is 0 Å². The lowest BCUT2D eigenvalue weighted by atomic mass is 10.1. The van der Waals surface area contributed by atoms with Gasteiger partial charge >= 0.3 is 0 Å². The SMILES string of the molecule is Cc1ccc(Cn2cnc(NC(=S)Nc3cc(Cl)cc(Cl)c3)n2)cc1. The van der Waals surface area contributed by atoms with Gasteiger partial charge in [-0.25, -0.2) is 9.67 Å². The zero-order valence-corrected chi connectivity index (χ0v) is 15.7. The molecular formula is C17H15Cl2N5S. The smallest absolute Gasteiger partial charge is 0.248 e. The summed E-state index contributed by atoms with van der Waals surface area (Å²) in [6.45, 7) is 2.70. The molecule has 0 radical (unpaired) electrons. The van der Waals surface area contributed by atoms with Gasteiger partial charge in [-0.1, -0.05) is 53.0 Å². The van der Waals surface area contributed by atoms with E-state index in [0.29, 0.717) is 33.3 Å². The van der Waals surface area contributed by atoms with Crippen molar-refractivity contribution in [3.8, 4) is 0 Å². The zero-order valence-electron chi connectivity index (χ0n) is 13.3. The monoisotopic (exact) mass is 391 g/mol. The molecule has 1 aromatic heterocycles. The molecule has 3 aromatic rings. The molecule has 0 amide bonds. The van der Waals surface area contributed by atoms with E-state index < -0.39 is 0 Å². The van der Waals surface area contributed by atoms with Gasteiger partial charge in [0.2, 0.25) is 5.95 Å². The van der Waals surface area contributed by atoms with Crippen LogP contribution in [0.5, 0.6) is 0 Å². The number of nitrogens with zero attached hydrogens (tertiary/aromatic N) is 3. The summed E-state index contributed by atoms with van der Waals surface area (Å²) in [6.07, 6.45) is 1.65. The van der Waals surface area contributed by atoms with Crippen molar-refractivity contribution in [1.82, 2.24) is 14.8 Å². The molecule has 2 aromatic carbocycles. The van der Waals surface area contributed by atoms with Crippen LogP contribution in [-0.2, 0) is 6.54 Å². The minimum atomic E-state index is 0.353. The number of anilines is 2. The molecule has 0 aliphatic heterocycles. The van der Waals surface area contributed by atoms with Gasteiger partial charge in [-0.2, -0.15) is 0 Å². The van der Waals surface area contributed by atoms with E-state index in [1.54, 1.807) is 29.2 Å². The van der Waals surface area contributed by atoms with Gasteiger partial charge in [0, 0.05) is 15.7 Å². The lowest BCUT2D eigenvalue weighted by Gasteiger charge is -2.08. The minimum absolute atomic E-state index is 0.353. The first-order valence-corrected chi connectivity index (χ1v) is 8.63. The van der Waals surface area contributed by atoms with Crippen LogP contribution in [0.4, 0.5) is 11.6 Å². The van der Waals surface area contributed by atoms with E-state index in [9.17, 15) is 0 Å². The average molecular weight is 392 g/mol. The number of hydrogen-bond acceptors (Lipinski definition) is 3. The summed E-state index contributed by atoms with van der Waals surface area (Å²) >= 11 is 17.2. The highest BCUT2D eigenvalue weighted by Gasteiger charge is 2.06. The second-order valence-corrected chi connectivity index (χ2v) is 6.77. The molecule has 128 valence electrons. The van der Waals surface area contributed by atoms with Crippen molar-refractivity contribution >= 4 is 52.2 Å². The van der Waals surface area contributed by atoms with Gasteiger partial charge in [-0.15, -0.1) is 5.10 Å². The third-order valence-corrected chi connectivity index (χ3v) is 3.99. The van der Waals surface area contributed by atoms with E-state index in [4.69, 9.17) is 35.4 Å². The minimum Gasteiger partial charge on any atom is -0.332 e. The highest BCUT2D eigenvalue weighted by atomic mass is 35.5. The summed E-state index contributed by atoms with van der Waals surface area (Å²) in [5.41, 5.74) is 3.06. The zero-order chi connectivity index (χ0) is 17.8. The van der Waals surface area contributed by atoms with Crippen LogP contribution in [0.15, 0.2) is 48.8 Å². The first-order valence-electron chi connectivity index (χ1n) is 7.47. The Hall–Kier alpha value is -2.15. The van der Waals surface area contributed by atoms with Gasteiger partial charge in [0.05, 0.1) is 6.54 Å². The Balaban J connectivity index is 1.60. The van der Waals surface area contributed by atoms with Crippen LogP contribution in [0.1, 0.15) is 11.1 Å². The molecule has 0 fully saturated rings. The summed E-state index contributed by atoms with van der Waals surface area (Å²) in [7, 11) is 0. The van der Waals surface area contributed by atoms with E-state index in [-0.39, 0.29) is 0 Å². The molecule has 0 aliphatic rings. The Morgan fingerprint density at radius 1 is 1.08 bits per heavy atom. The molecule has 3 rings (SSSR count). The van der Waals surface area contributed by atoms with E-state index in [1.165, 1.54) is 5.56 Å². The van der Waals surface area contributed by atoms with Crippen molar-refractivity contribution in [2.75, 3.05) is 10.6 Å². The fraction of sp³-hybridized carbons (Fsp3) is 0.118. The quantitative estimate of drug-likeness (QED) is 0.628. The first-order chi connectivity index (χ1) is 12.0. The van der Waals surface area contributed by atoms with Gasteiger partial charge in [0.15, 0.2) is 5.11 Å².